The molecule has 1 aromatic heterocycles. The lowest BCUT2D eigenvalue weighted by atomic mass is 10.1. The summed E-state index contributed by atoms with van der Waals surface area (Å²) in [6.45, 7) is 11.4. The molecule has 0 N–H and O–H groups in total. The summed E-state index contributed by atoms with van der Waals surface area (Å²) < 4.78 is 2.39. The zero-order valence-corrected chi connectivity index (χ0v) is 13.0. The Bertz CT molecular complexity index is 804. The number of nitrogens with zero attached hydrogens (tertiary/aromatic N) is 1. The van der Waals surface area contributed by atoms with Crippen LogP contribution < -0.4 is 0 Å². The average Bonchev–Trinajstić information content (AvgIpc) is 2.73. The summed E-state index contributed by atoms with van der Waals surface area (Å²) >= 11 is 0. The van der Waals surface area contributed by atoms with E-state index >= 15 is 0 Å². The summed E-state index contributed by atoms with van der Waals surface area (Å²) in [6.07, 6.45) is 0. The van der Waals surface area contributed by atoms with Gasteiger partial charge in [0.1, 0.15) is 0 Å². The van der Waals surface area contributed by atoms with Crippen molar-refractivity contribution in [2.75, 3.05) is 0 Å². The molecule has 2 aromatic carbocycles. The molecule has 0 atom stereocenters. The Morgan fingerprint density at radius 1 is 1.00 bits per heavy atom. The number of aryl methyl sites for hydroxylation is 2. The third kappa shape index (κ3) is 2.40. The van der Waals surface area contributed by atoms with E-state index in [1.54, 1.807) is 0 Å². The van der Waals surface area contributed by atoms with Crippen molar-refractivity contribution >= 4 is 10.9 Å². The molecule has 0 bridgehead atoms. The molecule has 0 aliphatic rings. The van der Waals surface area contributed by atoms with E-state index in [0.717, 1.165) is 6.54 Å². The van der Waals surface area contributed by atoms with E-state index in [9.17, 15) is 0 Å². The van der Waals surface area contributed by atoms with Gasteiger partial charge in [0, 0.05) is 17.4 Å². The number of hydrogen-bond acceptors (Lipinski definition) is 0. The maximum absolute atomic E-state index is 4.09. The van der Waals surface area contributed by atoms with Gasteiger partial charge in [0.25, 0.3) is 0 Å². The summed E-state index contributed by atoms with van der Waals surface area (Å²) in [5.74, 6) is 0. The Morgan fingerprint density at radius 2 is 1.67 bits per heavy atom. The molecule has 0 aliphatic heterocycles. The minimum Gasteiger partial charge on any atom is -0.336 e. The highest BCUT2D eigenvalue weighted by Crippen LogP contribution is 2.33. The van der Waals surface area contributed by atoms with Crippen LogP contribution in [-0.4, -0.2) is 4.57 Å². The van der Waals surface area contributed by atoms with Crippen LogP contribution in [0.1, 0.15) is 18.1 Å². The first-order valence-electron chi connectivity index (χ1n) is 7.37. The summed E-state index contributed by atoms with van der Waals surface area (Å²) in [4.78, 5) is 0. The van der Waals surface area contributed by atoms with Gasteiger partial charge in [0.05, 0.1) is 5.69 Å². The van der Waals surface area contributed by atoms with Gasteiger partial charge in [-0.05, 0) is 38.0 Å². The Balaban J connectivity index is 2.31. The van der Waals surface area contributed by atoms with E-state index in [1.807, 2.05) is 0 Å². The van der Waals surface area contributed by atoms with Crippen LogP contribution in [0.2, 0.25) is 0 Å². The molecule has 0 saturated heterocycles. The zero-order valence-electron chi connectivity index (χ0n) is 13.0. The standard InChI is InChI=1S/C20H21N/c1-14(2)13-21-19-8-6-5-7-18(19)16(4)20(21)17-11-9-15(3)10-12-17/h5-12H,1,13H2,2-4H3. The van der Waals surface area contributed by atoms with E-state index in [-0.39, 0.29) is 0 Å². The van der Waals surface area contributed by atoms with Crippen molar-refractivity contribution in [2.45, 2.75) is 27.3 Å². The predicted octanol–water partition coefficient (Wildman–Crippen LogP) is 5.50. The number of rotatable bonds is 3. The molecule has 3 aromatic rings. The molecule has 21 heavy (non-hydrogen) atoms. The maximum atomic E-state index is 4.09. The monoisotopic (exact) mass is 275 g/mol. The highest BCUT2D eigenvalue weighted by Gasteiger charge is 2.15. The van der Waals surface area contributed by atoms with Crippen molar-refractivity contribution in [3.05, 3.63) is 71.8 Å². The normalized spacial score (nSPS) is 11.0. The van der Waals surface area contributed by atoms with E-state index in [2.05, 4.69) is 80.4 Å². The van der Waals surface area contributed by atoms with Crippen LogP contribution in [0, 0.1) is 13.8 Å². The van der Waals surface area contributed by atoms with Crippen molar-refractivity contribution in [1.29, 1.82) is 0 Å². The van der Waals surface area contributed by atoms with Gasteiger partial charge >= 0.3 is 0 Å². The van der Waals surface area contributed by atoms with Crippen LogP contribution in [-0.2, 0) is 6.54 Å². The second-order valence-corrected chi connectivity index (χ2v) is 5.90. The molecule has 106 valence electrons. The van der Waals surface area contributed by atoms with Crippen molar-refractivity contribution in [3.63, 3.8) is 0 Å². The largest absolute Gasteiger partial charge is 0.336 e. The fraction of sp³-hybridized carbons (Fsp3) is 0.200. The molecule has 0 fully saturated rings. The zero-order chi connectivity index (χ0) is 15.0. The lowest BCUT2D eigenvalue weighted by Gasteiger charge is -2.12. The maximum Gasteiger partial charge on any atom is 0.0524 e. The van der Waals surface area contributed by atoms with Gasteiger partial charge in [0.15, 0.2) is 0 Å². The van der Waals surface area contributed by atoms with Gasteiger partial charge in [0.2, 0.25) is 0 Å². The van der Waals surface area contributed by atoms with Gasteiger partial charge in [-0.25, -0.2) is 0 Å². The first-order valence-corrected chi connectivity index (χ1v) is 7.37. The van der Waals surface area contributed by atoms with Crippen LogP contribution in [0.25, 0.3) is 22.2 Å². The number of fused-ring (bicyclic) bond motifs is 1. The summed E-state index contributed by atoms with van der Waals surface area (Å²) in [5, 5.41) is 1.33. The number of benzene rings is 2. The highest BCUT2D eigenvalue weighted by atomic mass is 15.0. The Hall–Kier alpha value is -2.28. The van der Waals surface area contributed by atoms with Gasteiger partial charge in [-0.3, -0.25) is 0 Å². The van der Waals surface area contributed by atoms with Crippen molar-refractivity contribution in [1.82, 2.24) is 4.57 Å². The molecule has 3 rings (SSSR count). The van der Waals surface area contributed by atoms with Gasteiger partial charge in [-0.15, -0.1) is 0 Å². The Kier molecular flexibility index (Phi) is 3.42. The van der Waals surface area contributed by atoms with Gasteiger partial charge in [-0.1, -0.05) is 60.2 Å². The molecule has 0 amide bonds. The number of hydrogen-bond donors (Lipinski definition) is 0. The molecule has 1 heteroatoms. The third-order valence-electron chi connectivity index (χ3n) is 3.98. The highest BCUT2D eigenvalue weighted by molar-refractivity contribution is 5.91. The van der Waals surface area contributed by atoms with Gasteiger partial charge in [-0.2, -0.15) is 0 Å². The smallest absolute Gasteiger partial charge is 0.0524 e. The quantitative estimate of drug-likeness (QED) is 0.556. The minimum atomic E-state index is 0.859. The second-order valence-electron chi connectivity index (χ2n) is 5.90. The lowest BCUT2D eigenvalue weighted by molar-refractivity contribution is 0.828. The van der Waals surface area contributed by atoms with Crippen molar-refractivity contribution in [3.8, 4) is 11.3 Å². The van der Waals surface area contributed by atoms with Crippen molar-refractivity contribution in [2.24, 2.45) is 0 Å². The molecule has 0 aliphatic carbocycles. The van der Waals surface area contributed by atoms with E-state index in [1.165, 1.54) is 38.9 Å². The van der Waals surface area contributed by atoms with E-state index < -0.39 is 0 Å². The summed E-state index contributed by atoms with van der Waals surface area (Å²) in [7, 11) is 0. The molecule has 0 saturated carbocycles. The molecule has 1 nitrogen and oxygen atoms in total. The number of allylic oxidation sites excluding steroid dienone is 1. The summed E-state index contributed by atoms with van der Waals surface area (Å²) in [6, 6.07) is 17.4. The summed E-state index contributed by atoms with van der Waals surface area (Å²) in [5.41, 5.74) is 7.67. The predicted molar refractivity (Wildman–Crippen MR) is 91.7 cm³/mol. The van der Waals surface area contributed by atoms with E-state index in [4.69, 9.17) is 0 Å². The number of aromatic nitrogens is 1. The average molecular weight is 275 g/mol. The first-order chi connectivity index (χ1) is 10.1. The Morgan fingerprint density at radius 3 is 2.33 bits per heavy atom. The minimum absolute atomic E-state index is 0.859. The SMILES string of the molecule is C=C(C)Cn1c(-c2ccc(C)cc2)c(C)c2ccccc21. The molecule has 1 heterocycles. The van der Waals surface area contributed by atoms with E-state index in [0.29, 0.717) is 0 Å². The topological polar surface area (TPSA) is 4.93 Å². The van der Waals surface area contributed by atoms with Crippen LogP contribution in [0.15, 0.2) is 60.7 Å². The molecule has 0 radical (unpaired) electrons. The fourth-order valence-corrected chi connectivity index (χ4v) is 2.99. The Labute approximate surface area is 126 Å². The fourth-order valence-electron chi connectivity index (χ4n) is 2.99. The first kappa shape index (κ1) is 13.7. The molecule has 0 spiro atoms. The molecule has 0 unspecified atom stereocenters. The lowest BCUT2D eigenvalue weighted by Crippen LogP contribution is -2.01. The third-order valence-corrected chi connectivity index (χ3v) is 3.98. The molecular formula is C20H21N. The van der Waals surface area contributed by atoms with Crippen LogP contribution in [0.5, 0.6) is 0 Å². The van der Waals surface area contributed by atoms with Gasteiger partial charge < -0.3 is 4.57 Å². The van der Waals surface area contributed by atoms with Crippen LogP contribution in [0.4, 0.5) is 0 Å². The van der Waals surface area contributed by atoms with Crippen LogP contribution >= 0.6 is 0 Å². The van der Waals surface area contributed by atoms with Crippen LogP contribution in [0.3, 0.4) is 0 Å². The number of para-hydroxylation sites is 1. The molecular weight excluding hydrogens is 254 g/mol. The van der Waals surface area contributed by atoms with Crippen molar-refractivity contribution < 1.29 is 0 Å². The second kappa shape index (κ2) is 5.25.